The Morgan fingerprint density at radius 2 is 2.03 bits per heavy atom. The number of sulfonamides is 1. The zero-order valence-corrected chi connectivity index (χ0v) is 22.8. The lowest BCUT2D eigenvalue weighted by atomic mass is 9.87. The van der Waals surface area contributed by atoms with Gasteiger partial charge in [0.2, 0.25) is 15.9 Å². The Labute approximate surface area is 228 Å². The largest absolute Gasteiger partial charge is 0.489 e. The maximum Gasteiger partial charge on any atom is 0.243 e. The zero-order valence-electron chi connectivity index (χ0n) is 22.0. The number of carbonyl (C=O) groups excluding carboxylic acids is 1. The van der Waals surface area contributed by atoms with E-state index in [2.05, 4.69) is 15.5 Å². The Kier molecular flexibility index (Phi) is 9.26. The molecule has 3 atom stereocenters. The van der Waals surface area contributed by atoms with Crippen LogP contribution in [0.3, 0.4) is 0 Å². The number of hydrogen-bond donors (Lipinski definition) is 2. The Balaban J connectivity index is 1.49. The highest BCUT2D eigenvalue weighted by atomic mass is 32.2. The van der Waals surface area contributed by atoms with Crippen molar-refractivity contribution in [2.75, 3.05) is 13.1 Å². The van der Waals surface area contributed by atoms with Crippen LogP contribution in [0.4, 0.5) is 4.39 Å². The lowest BCUT2D eigenvalue weighted by molar-refractivity contribution is -0.121. The average molecular weight is 557 g/mol. The Bertz CT molecular complexity index is 1390. The van der Waals surface area contributed by atoms with E-state index in [1.54, 1.807) is 36.5 Å². The van der Waals surface area contributed by atoms with Crippen LogP contribution >= 0.6 is 0 Å². The second-order valence-corrected chi connectivity index (χ2v) is 11.9. The van der Waals surface area contributed by atoms with E-state index in [4.69, 9.17) is 4.74 Å². The third kappa shape index (κ3) is 7.59. The number of benzene rings is 2. The molecule has 1 aliphatic heterocycles. The third-order valence-electron chi connectivity index (χ3n) is 6.77. The number of hydrogen-bond acceptors (Lipinski definition) is 7. The standard InChI is InChI=1S/C28H33FN4O5S/c1-19-5-3-7-26(11-19)39(36,37)33-10-4-6-23(17-33)28(35)27(32-20(2)34)14-22-12-24(29)15-25(13-22)38-18-21-8-9-30-31-16-21/h3,5,7-9,11-13,15-16,23,27-28,35H,4,6,10,14,17-18H2,1-2H3,(H,32,34)/t23-,27+,28-/m1/s1. The number of nitrogens with zero attached hydrogens (tertiary/aromatic N) is 3. The molecule has 3 aromatic rings. The van der Waals surface area contributed by atoms with E-state index in [9.17, 15) is 22.7 Å². The number of rotatable bonds is 10. The smallest absolute Gasteiger partial charge is 0.243 e. The van der Waals surface area contributed by atoms with E-state index in [-0.39, 0.29) is 30.4 Å². The zero-order chi connectivity index (χ0) is 28.0. The van der Waals surface area contributed by atoms with E-state index < -0.39 is 33.9 Å². The summed E-state index contributed by atoms with van der Waals surface area (Å²) < 4.78 is 48.2. The molecule has 0 aliphatic carbocycles. The molecule has 4 rings (SSSR count). The molecule has 2 heterocycles. The molecule has 1 aliphatic rings. The van der Waals surface area contributed by atoms with Gasteiger partial charge in [0.25, 0.3) is 0 Å². The summed E-state index contributed by atoms with van der Waals surface area (Å²) in [7, 11) is -3.74. The normalized spacial score (nSPS) is 17.8. The highest BCUT2D eigenvalue weighted by molar-refractivity contribution is 7.89. The maximum atomic E-state index is 14.5. The van der Waals surface area contributed by atoms with Crippen molar-refractivity contribution >= 4 is 15.9 Å². The molecule has 0 saturated carbocycles. The van der Waals surface area contributed by atoms with Crippen LogP contribution in [0.2, 0.25) is 0 Å². The van der Waals surface area contributed by atoms with Crippen LogP contribution < -0.4 is 10.1 Å². The minimum Gasteiger partial charge on any atom is -0.489 e. The first-order valence-corrected chi connectivity index (χ1v) is 14.3. The van der Waals surface area contributed by atoms with Gasteiger partial charge in [-0.2, -0.15) is 14.5 Å². The van der Waals surface area contributed by atoms with Crippen molar-refractivity contribution in [3.63, 3.8) is 0 Å². The number of aliphatic hydroxyl groups excluding tert-OH is 1. The van der Waals surface area contributed by atoms with Gasteiger partial charge in [-0.05, 0) is 67.6 Å². The van der Waals surface area contributed by atoms with Crippen molar-refractivity contribution in [2.45, 2.75) is 56.8 Å². The number of aliphatic hydroxyl groups is 1. The first-order valence-electron chi connectivity index (χ1n) is 12.8. The fourth-order valence-electron chi connectivity index (χ4n) is 4.89. The number of piperidine rings is 1. The van der Waals surface area contributed by atoms with Crippen LogP contribution in [0.25, 0.3) is 0 Å². The van der Waals surface area contributed by atoms with E-state index in [1.165, 1.54) is 29.6 Å². The molecule has 1 fully saturated rings. The molecule has 2 N–H and O–H groups in total. The summed E-state index contributed by atoms with van der Waals surface area (Å²) in [5, 5.41) is 21.6. The van der Waals surface area contributed by atoms with E-state index >= 15 is 0 Å². The minimum absolute atomic E-state index is 0.116. The first kappa shape index (κ1) is 28.6. The lowest BCUT2D eigenvalue weighted by Gasteiger charge is -2.37. The molecule has 9 nitrogen and oxygen atoms in total. The third-order valence-corrected chi connectivity index (χ3v) is 8.63. The van der Waals surface area contributed by atoms with E-state index in [1.807, 2.05) is 13.0 Å². The second-order valence-electron chi connectivity index (χ2n) is 9.92. The van der Waals surface area contributed by atoms with Gasteiger partial charge in [-0.25, -0.2) is 12.8 Å². The monoisotopic (exact) mass is 556 g/mol. The Morgan fingerprint density at radius 3 is 2.74 bits per heavy atom. The summed E-state index contributed by atoms with van der Waals surface area (Å²) in [4.78, 5) is 12.2. The number of ether oxygens (including phenoxy) is 1. The molecule has 1 aromatic heterocycles. The molecule has 0 spiro atoms. The van der Waals surface area contributed by atoms with E-state index in [0.29, 0.717) is 30.7 Å². The van der Waals surface area contributed by atoms with Gasteiger partial charge in [-0.15, -0.1) is 0 Å². The molecule has 11 heteroatoms. The number of amides is 1. The Morgan fingerprint density at radius 1 is 1.21 bits per heavy atom. The van der Waals surface area contributed by atoms with Gasteiger partial charge in [-0.3, -0.25) is 4.79 Å². The molecule has 2 aromatic carbocycles. The number of carbonyl (C=O) groups is 1. The van der Waals surface area contributed by atoms with E-state index in [0.717, 1.165) is 11.1 Å². The average Bonchev–Trinajstić information content (AvgIpc) is 2.91. The van der Waals surface area contributed by atoms with Crippen molar-refractivity contribution in [3.8, 4) is 5.75 Å². The quantitative estimate of drug-likeness (QED) is 0.394. The predicted molar refractivity (Wildman–Crippen MR) is 143 cm³/mol. The number of nitrogens with one attached hydrogen (secondary N) is 1. The maximum absolute atomic E-state index is 14.5. The van der Waals surface area contributed by atoms with Gasteiger partial charge in [0.1, 0.15) is 18.2 Å². The van der Waals surface area contributed by atoms with Crippen molar-refractivity contribution in [2.24, 2.45) is 5.92 Å². The molecular formula is C28H33FN4O5S. The van der Waals surface area contributed by atoms with Crippen molar-refractivity contribution in [1.29, 1.82) is 0 Å². The van der Waals surface area contributed by atoms with Crippen LogP contribution in [0.15, 0.2) is 65.8 Å². The van der Waals surface area contributed by atoms with Gasteiger partial charge in [0.15, 0.2) is 0 Å². The first-order chi connectivity index (χ1) is 18.6. The topological polar surface area (TPSA) is 122 Å². The van der Waals surface area contributed by atoms with Crippen LogP contribution in [-0.2, 0) is 27.8 Å². The fourth-order valence-corrected chi connectivity index (χ4v) is 6.53. The molecule has 39 heavy (non-hydrogen) atoms. The summed E-state index contributed by atoms with van der Waals surface area (Å²) in [6.45, 7) is 3.81. The minimum atomic E-state index is -3.74. The molecule has 0 bridgehead atoms. The molecule has 1 amide bonds. The summed E-state index contributed by atoms with van der Waals surface area (Å²) in [5.74, 6) is -0.985. The summed E-state index contributed by atoms with van der Waals surface area (Å²) in [6.07, 6.45) is 3.33. The van der Waals surface area contributed by atoms with Gasteiger partial charge < -0.3 is 15.2 Å². The number of halogens is 1. The van der Waals surface area contributed by atoms with Crippen LogP contribution in [0.1, 0.15) is 36.5 Å². The molecule has 208 valence electrons. The Hall–Kier alpha value is -3.41. The predicted octanol–water partition coefficient (Wildman–Crippen LogP) is 3.01. The molecule has 0 radical (unpaired) electrons. The SMILES string of the molecule is CC(=O)N[C@@H](Cc1cc(F)cc(OCc2ccnnc2)c1)[C@H](O)[C@@H]1CCCN(S(=O)(=O)c2cccc(C)c2)C1. The molecule has 1 saturated heterocycles. The summed E-state index contributed by atoms with van der Waals surface area (Å²) >= 11 is 0. The number of aromatic nitrogens is 2. The van der Waals surface area contributed by atoms with Gasteiger partial charge in [0.05, 0.1) is 23.2 Å². The van der Waals surface area contributed by atoms with Gasteiger partial charge >= 0.3 is 0 Å². The highest BCUT2D eigenvalue weighted by Crippen LogP contribution is 2.28. The van der Waals surface area contributed by atoms with Crippen LogP contribution in [0, 0.1) is 18.7 Å². The number of aryl methyl sites for hydroxylation is 1. The summed E-state index contributed by atoms with van der Waals surface area (Å²) in [5.41, 5.74) is 2.13. The van der Waals surface area contributed by atoms with Crippen molar-refractivity contribution in [3.05, 3.63) is 83.4 Å². The van der Waals surface area contributed by atoms with Crippen molar-refractivity contribution in [1.82, 2.24) is 19.8 Å². The second kappa shape index (κ2) is 12.6. The van der Waals surface area contributed by atoms with Crippen LogP contribution in [0.5, 0.6) is 5.75 Å². The fraction of sp³-hybridized carbons (Fsp3) is 0.393. The highest BCUT2D eigenvalue weighted by Gasteiger charge is 2.36. The molecular weight excluding hydrogens is 523 g/mol. The summed E-state index contributed by atoms with van der Waals surface area (Å²) in [6, 6.07) is 12.0. The van der Waals surface area contributed by atoms with Gasteiger partial charge in [0, 0.05) is 43.8 Å². The lowest BCUT2D eigenvalue weighted by Crippen LogP contribution is -2.52. The molecule has 0 unspecified atom stereocenters. The van der Waals surface area contributed by atoms with Crippen molar-refractivity contribution < 1.29 is 27.4 Å². The van der Waals surface area contributed by atoms with Gasteiger partial charge in [-0.1, -0.05) is 12.1 Å². The van der Waals surface area contributed by atoms with Crippen LogP contribution in [-0.4, -0.2) is 59.2 Å².